The van der Waals surface area contributed by atoms with E-state index in [4.69, 9.17) is 0 Å². The van der Waals surface area contributed by atoms with E-state index < -0.39 is 0 Å². The molecule has 1 aromatic heterocycles. The summed E-state index contributed by atoms with van der Waals surface area (Å²) in [6, 6.07) is 15.1. The van der Waals surface area contributed by atoms with Gasteiger partial charge in [0.2, 0.25) is 0 Å². The number of rotatable bonds is 3. The Hall–Kier alpha value is -1.71. The first kappa shape index (κ1) is 12.3. The first-order chi connectivity index (χ1) is 9.29. The molecular formula is C16H16N2S. The number of benzene rings is 2. The number of aryl methyl sites for hydroxylation is 1. The molecule has 0 aliphatic carbocycles. The van der Waals surface area contributed by atoms with Crippen LogP contribution in [0.5, 0.6) is 0 Å². The Kier molecular flexibility index (Phi) is 3.32. The smallest absolute Gasteiger partial charge is 0.114 e. The molecule has 1 heterocycles. The molecule has 0 amide bonds. The number of aromatic nitrogens is 1. The zero-order valence-corrected chi connectivity index (χ0v) is 11.9. The van der Waals surface area contributed by atoms with Crippen LogP contribution in [0.4, 0.5) is 0 Å². The van der Waals surface area contributed by atoms with Crippen molar-refractivity contribution in [2.24, 2.45) is 0 Å². The lowest BCUT2D eigenvalue weighted by Crippen LogP contribution is -2.17. The highest BCUT2D eigenvalue weighted by Gasteiger charge is 2.17. The fraction of sp³-hybridized carbons (Fsp3) is 0.188. The van der Waals surface area contributed by atoms with Gasteiger partial charge in [0, 0.05) is 11.1 Å². The van der Waals surface area contributed by atoms with E-state index in [1.807, 2.05) is 14.0 Å². The standard InChI is InChI=1S/C16H16N2S/c1-11-10-19-16(18-11)15(17-2)14-9-5-7-12-6-3-4-8-13(12)14/h3-10,15,17H,1-2H3. The van der Waals surface area contributed by atoms with Gasteiger partial charge in [0.05, 0.1) is 6.04 Å². The van der Waals surface area contributed by atoms with Crippen molar-refractivity contribution in [1.29, 1.82) is 0 Å². The Labute approximate surface area is 117 Å². The maximum atomic E-state index is 4.62. The monoisotopic (exact) mass is 268 g/mol. The summed E-state index contributed by atoms with van der Waals surface area (Å²) in [5.74, 6) is 0. The summed E-state index contributed by atoms with van der Waals surface area (Å²) in [6.07, 6.45) is 0. The van der Waals surface area contributed by atoms with Crippen LogP contribution < -0.4 is 5.32 Å². The minimum absolute atomic E-state index is 0.157. The van der Waals surface area contributed by atoms with E-state index in [2.05, 4.69) is 58.1 Å². The second kappa shape index (κ2) is 5.11. The third kappa shape index (κ3) is 2.27. The van der Waals surface area contributed by atoms with Gasteiger partial charge in [-0.25, -0.2) is 4.98 Å². The Bertz CT molecular complexity index is 697. The van der Waals surface area contributed by atoms with E-state index in [1.165, 1.54) is 16.3 Å². The van der Waals surface area contributed by atoms with Gasteiger partial charge in [-0.3, -0.25) is 0 Å². The van der Waals surface area contributed by atoms with Gasteiger partial charge in [0.1, 0.15) is 5.01 Å². The van der Waals surface area contributed by atoms with Crippen molar-refractivity contribution in [3.63, 3.8) is 0 Å². The minimum Gasteiger partial charge on any atom is -0.307 e. The van der Waals surface area contributed by atoms with Crippen molar-refractivity contribution < 1.29 is 0 Å². The van der Waals surface area contributed by atoms with E-state index in [0.29, 0.717) is 0 Å². The van der Waals surface area contributed by atoms with Crippen molar-refractivity contribution >= 4 is 22.1 Å². The SMILES string of the molecule is CNC(c1nc(C)cs1)c1cccc2ccccc12. The summed E-state index contributed by atoms with van der Waals surface area (Å²) in [7, 11) is 1.99. The molecule has 0 aliphatic rings. The summed E-state index contributed by atoms with van der Waals surface area (Å²) in [5.41, 5.74) is 2.37. The molecule has 2 aromatic carbocycles. The van der Waals surface area contributed by atoms with Gasteiger partial charge < -0.3 is 5.32 Å². The lowest BCUT2D eigenvalue weighted by atomic mass is 9.99. The highest BCUT2D eigenvalue weighted by atomic mass is 32.1. The Morgan fingerprint density at radius 3 is 2.63 bits per heavy atom. The van der Waals surface area contributed by atoms with E-state index in [0.717, 1.165) is 10.7 Å². The van der Waals surface area contributed by atoms with E-state index in [1.54, 1.807) is 11.3 Å². The van der Waals surface area contributed by atoms with Crippen LogP contribution in [0.25, 0.3) is 10.8 Å². The van der Waals surface area contributed by atoms with Crippen LogP contribution in [0.15, 0.2) is 47.8 Å². The van der Waals surface area contributed by atoms with Crippen molar-refractivity contribution in [3.05, 3.63) is 64.1 Å². The lowest BCUT2D eigenvalue weighted by molar-refractivity contribution is 0.690. The molecule has 0 aliphatic heterocycles. The van der Waals surface area contributed by atoms with Crippen LogP contribution >= 0.6 is 11.3 Å². The number of fused-ring (bicyclic) bond motifs is 1. The maximum Gasteiger partial charge on any atom is 0.114 e. The van der Waals surface area contributed by atoms with Crippen LogP contribution in [0.3, 0.4) is 0 Å². The van der Waals surface area contributed by atoms with Gasteiger partial charge in [-0.05, 0) is 30.3 Å². The van der Waals surface area contributed by atoms with Gasteiger partial charge in [0.15, 0.2) is 0 Å². The second-order valence-corrected chi connectivity index (χ2v) is 5.51. The molecule has 1 atom stereocenters. The highest BCUT2D eigenvalue weighted by Crippen LogP contribution is 2.30. The quantitative estimate of drug-likeness (QED) is 0.779. The summed E-state index contributed by atoms with van der Waals surface area (Å²) in [5, 5.41) is 9.17. The first-order valence-electron chi connectivity index (χ1n) is 6.36. The molecule has 0 fully saturated rings. The zero-order valence-electron chi connectivity index (χ0n) is 11.1. The molecule has 0 spiro atoms. The van der Waals surface area contributed by atoms with E-state index >= 15 is 0 Å². The predicted octanol–water partition coefficient (Wildman–Crippen LogP) is 3.91. The normalized spacial score (nSPS) is 12.7. The maximum absolute atomic E-state index is 4.62. The van der Waals surface area contributed by atoms with Crippen LogP contribution in [-0.2, 0) is 0 Å². The molecule has 1 N–H and O–H groups in total. The molecular weight excluding hydrogens is 252 g/mol. The van der Waals surface area contributed by atoms with Crippen LogP contribution in [-0.4, -0.2) is 12.0 Å². The molecule has 3 rings (SSSR count). The van der Waals surface area contributed by atoms with Crippen molar-refractivity contribution in [1.82, 2.24) is 10.3 Å². The van der Waals surface area contributed by atoms with Crippen LogP contribution in [0.2, 0.25) is 0 Å². The molecule has 96 valence electrons. The molecule has 2 nitrogen and oxygen atoms in total. The number of nitrogens with one attached hydrogen (secondary N) is 1. The fourth-order valence-electron chi connectivity index (χ4n) is 2.42. The molecule has 19 heavy (non-hydrogen) atoms. The van der Waals surface area contributed by atoms with Crippen molar-refractivity contribution in [2.75, 3.05) is 7.05 Å². The van der Waals surface area contributed by atoms with Gasteiger partial charge in [0.25, 0.3) is 0 Å². The third-order valence-corrected chi connectivity index (χ3v) is 4.33. The summed E-state index contributed by atoms with van der Waals surface area (Å²) in [4.78, 5) is 4.62. The Balaban J connectivity index is 2.16. The molecule has 3 heteroatoms. The third-order valence-electron chi connectivity index (χ3n) is 3.31. The Morgan fingerprint density at radius 1 is 1.11 bits per heavy atom. The number of hydrogen-bond acceptors (Lipinski definition) is 3. The molecule has 0 saturated carbocycles. The number of thiazole rings is 1. The van der Waals surface area contributed by atoms with Crippen molar-refractivity contribution in [2.45, 2.75) is 13.0 Å². The minimum atomic E-state index is 0.157. The van der Waals surface area contributed by atoms with E-state index in [9.17, 15) is 0 Å². The van der Waals surface area contributed by atoms with Gasteiger partial charge in [-0.15, -0.1) is 11.3 Å². The summed E-state index contributed by atoms with van der Waals surface area (Å²) in [6.45, 7) is 2.04. The van der Waals surface area contributed by atoms with Crippen molar-refractivity contribution in [3.8, 4) is 0 Å². The Morgan fingerprint density at radius 2 is 1.89 bits per heavy atom. The fourth-order valence-corrected chi connectivity index (χ4v) is 3.34. The van der Waals surface area contributed by atoms with Gasteiger partial charge >= 0.3 is 0 Å². The predicted molar refractivity (Wildman–Crippen MR) is 81.7 cm³/mol. The molecule has 3 aromatic rings. The average Bonchev–Trinajstić information content (AvgIpc) is 2.86. The molecule has 1 unspecified atom stereocenters. The first-order valence-corrected chi connectivity index (χ1v) is 7.24. The van der Waals surface area contributed by atoms with E-state index in [-0.39, 0.29) is 6.04 Å². The highest BCUT2D eigenvalue weighted by molar-refractivity contribution is 7.09. The number of nitrogens with zero attached hydrogens (tertiary/aromatic N) is 1. The van der Waals surface area contributed by atoms with Gasteiger partial charge in [-0.1, -0.05) is 42.5 Å². The second-order valence-electron chi connectivity index (χ2n) is 4.62. The lowest BCUT2D eigenvalue weighted by Gasteiger charge is -2.16. The summed E-state index contributed by atoms with van der Waals surface area (Å²) < 4.78 is 0. The molecule has 0 saturated heterocycles. The number of hydrogen-bond donors (Lipinski definition) is 1. The molecule has 0 bridgehead atoms. The topological polar surface area (TPSA) is 24.9 Å². The van der Waals surface area contributed by atoms with Crippen LogP contribution in [0, 0.1) is 6.92 Å². The van der Waals surface area contributed by atoms with Gasteiger partial charge in [-0.2, -0.15) is 0 Å². The summed E-state index contributed by atoms with van der Waals surface area (Å²) >= 11 is 1.71. The largest absolute Gasteiger partial charge is 0.307 e. The van der Waals surface area contributed by atoms with Crippen LogP contribution in [0.1, 0.15) is 22.3 Å². The molecule has 0 radical (unpaired) electrons. The average molecular weight is 268 g/mol. The zero-order chi connectivity index (χ0) is 13.2.